The van der Waals surface area contributed by atoms with E-state index in [-0.39, 0.29) is 17.3 Å². The third-order valence-corrected chi connectivity index (χ3v) is 6.82. The van der Waals surface area contributed by atoms with E-state index in [1.807, 2.05) is 13.0 Å². The maximum atomic E-state index is 13.2. The number of nitrogens with zero attached hydrogens (tertiary/aromatic N) is 5. The van der Waals surface area contributed by atoms with Crippen LogP contribution in [0.5, 0.6) is 0 Å². The molecule has 0 spiro atoms. The number of imidazole rings is 2. The van der Waals surface area contributed by atoms with Crippen molar-refractivity contribution in [3.8, 4) is 11.4 Å². The highest BCUT2D eigenvalue weighted by Crippen LogP contribution is 2.38. The molecule has 0 amide bonds. The summed E-state index contributed by atoms with van der Waals surface area (Å²) in [6, 6.07) is 4.55. The summed E-state index contributed by atoms with van der Waals surface area (Å²) in [6.07, 6.45) is -2.21. The molecule has 0 aliphatic heterocycles. The van der Waals surface area contributed by atoms with Gasteiger partial charge in [0.05, 0.1) is 16.6 Å². The first-order valence-corrected chi connectivity index (χ1v) is 11.4. The number of hydrogen-bond donors (Lipinski definition) is 0. The zero-order valence-electron chi connectivity index (χ0n) is 18.1. The van der Waals surface area contributed by atoms with Crippen LogP contribution >= 0.6 is 11.8 Å². The van der Waals surface area contributed by atoms with Crippen molar-refractivity contribution >= 4 is 39.9 Å². The third-order valence-electron chi connectivity index (χ3n) is 5.88. The molecule has 0 bridgehead atoms. The molecule has 0 atom stereocenters. The number of benzene rings is 1. The lowest BCUT2D eigenvalue weighted by atomic mass is 10.1. The molecule has 3 aromatic heterocycles. The number of carbonyl (C=O) groups excluding carboxylic acids is 1. The van der Waals surface area contributed by atoms with Crippen LogP contribution in [0.2, 0.25) is 0 Å². The number of carbonyl (C=O) groups is 1. The molecule has 1 aromatic carbocycles. The first-order chi connectivity index (χ1) is 15.6. The second-order valence-electron chi connectivity index (χ2n) is 8.12. The SMILES string of the molecule is CCSc1cc2c(cc1-c1nc3cc(C(F)(F)F)cnc3n1C)n(C(=O)C1CC1)c(=O)n2C. The van der Waals surface area contributed by atoms with Crippen LogP contribution < -0.4 is 5.69 Å². The van der Waals surface area contributed by atoms with Gasteiger partial charge in [-0.15, -0.1) is 11.8 Å². The highest BCUT2D eigenvalue weighted by Gasteiger charge is 2.34. The smallest absolute Gasteiger partial charge is 0.312 e. The fraction of sp³-hybridized carbons (Fsp3) is 0.364. The van der Waals surface area contributed by atoms with E-state index >= 15 is 0 Å². The molecule has 1 fully saturated rings. The average Bonchev–Trinajstić information content (AvgIpc) is 3.53. The summed E-state index contributed by atoms with van der Waals surface area (Å²) in [6.45, 7) is 1.98. The Kier molecular flexibility index (Phi) is 4.93. The molecule has 7 nitrogen and oxygen atoms in total. The second-order valence-corrected chi connectivity index (χ2v) is 9.42. The fourth-order valence-corrected chi connectivity index (χ4v) is 4.82. The topological polar surface area (TPSA) is 74.7 Å². The van der Waals surface area contributed by atoms with Crippen LogP contribution in [0.4, 0.5) is 13.2 Å². The van der Waals surface area contributed by atoms with Crippen LogP contribution in [0, 0.1) is 5.92 Å². The van der Waals surface area contributed by atoms with E-state index in [4.69, 9.17) is 0 Å². The first-order valence-electron chi connectivity index (χ1n) is 10.4. The van der Waals surface area contributed by atoms with Crippen LogP contribution in [-0.2, 0) is 20.3 Å². The van der Waals surface area contributed by atoms with E-state index in [2.05, 4.69) is 9.97 Å². The van der Waals surface area contributed by atoms with Gasteiger partial charge in [-0.05, 0) is 36.8 Å². The standard InChI is InChI=1S/C22H20F3N5O2S/c1-4-33-17-9-15-16(30(21(32)28(15)2)20(31)11-5-6-11)8-13(17)18-27-14-7-12(22(23,24)25)10-26-19(14)29(18)3/h7-11H,4-6H2,1-3H3. The van der Waals surface area contributed by atoms with Crippen molar-refractivity contribution in [3.05, 3.63) is 40.4 Å². The molecule has 33 heavy (non-hydrogen) atoms. The summed E-state index contributed by atoms with van der Waals surface area (Å²) >= 11 is 1.53. The summed E-state index contributed by atoms with van der Waals surface area (Å²) < 4.78 is 43.8. The van der Waals surface area contributed by atoms with Crippen molar-refractivity contribution in [2.45, 2.75) is 30.8 Å². The van der Waals surface area contributed by atoms with Gasteiger partial charge in [0.2, 0.25) is 5.91 Å². The molecular formula is C22H20F3N5O2S. The number of fused-ring (bicyclic) bond motifs is 2. The van der Waals surface area contributed by atoms with Crippen LogP contribution in [0.1, 0.15) is 30.1 Å². The lowest BCUT2D eigenvalue weighted by Crippen LogP contribution is -2.28. The van der Waals surface area contributed by atoms with Crippen molar-refractivity contribution in [2.75, 3.05) is 5.75 Å². The van der Waals surface area contributed by atoms with Gasteiger partial charge >= 0.3 is 11.9 Å². The van der Waals surface area contributed by atoms with Gasteiger partial charge < -0.3 is 4.57 Å². The molecule has 11 heteroatoms. The second kappa shape index (κ2) is 7.47. The minimum atomic E-state index is -4.52. The Labute approximate surface area is 190 Å². The number of halogens is 3. The number of aromatic nitrogens is 5. The van der Waals surface area contributed by atoms with Gasteiger partial charge in [-0.25, -0.2) is 19.3 Å². The number of thioether (sulfide) groups is 1. The van der Waals surface area contributed by atoms with Gasteiger partial charge in [0.25, 0.3) is 0 Å². The van der Waals surface area contributed by atoms with Crippen LogP contribution in [-0.4, -0.2) is 35.3 Å². The van der Waals surface area contributed by atoms with Crippen LogP contribution in [0.15, 0.2) is 34.1 Å². The molecule has 5 rings (SSSR count). The van der Waals surface area contributed by atoms with Crippen molar-refractivity contribution in [2.24, 2.45) is 20.0 Å². The Hall–Kier alpha value is -3.08. The molecule has 0 saturated heterocycles. The summed E-state index contributed by atoms with van der Waals surface area (Å²) in [5, 5.41) is 0. The Morgan fingerprint density at radius 3 is 2.52 bits per heavy atom. The van der Waals surface area contributed by atoms with Crippen molar-refractivity contribution in [3.63, 3.8) is 0 Å². The largest absolute Gasteiger partial charge is 0.417 e. The zero-order chi connectivity index (χ0) is 23.7. The van der Waals surface area contributed by atoms with Gasteiger partial charge in [0, 0.05) is 36.7 Å². The van der Waals surface area contributed by atoms with E-state index in [1.54, 1.807) is 24.7 Å². The highest BCUT2D eigenvalue weighted by molar-refractivity contribution is 7.99. The monoisotopic (exact) mass is 475 g/mol. The van der Waals surface area contributed by atoms with Crippen LogP contribution in [0.3, 0.4) is 0 Å². The fourth-order valence-electron chi connectivity index (χ4n) is 4.01. The normalized spacial score (nSPS) is 14.5. The van der Waals surface area contributed by atoms with Crippen molar-refractivity contribution < 1.29 is 18.0 Å². The summed E-state index contributed by atoms with van der Waals surface area (Å²) in [5.74, 6) is 0.765. The Balaban J connectivity index is 1.78. The molecule has 172 valence electrons. The van der Waals surface area contributed by atoms with E-state index in [9.17, 15) is 22.8 Å². The molecule has 1 aliphatic carbocycles. The molecule has 3 heterocycles. The molecule has 1 aliphatic rings. The lowest BCUT2D eigenvalue weighted by molar-refractivity contribution is -0.137. The molecule has 1 saturated carbocycles. The van der Waals surface area contributed by atoms with Gasteiger partial charge in [-0.2, -0.15) is 13.2 Å². The molecule has 0 radical (unpaired) electrons. The number of alkyl halides is 3. The highest BCUT2D eigenvalue weighted by atomic mass is 32.2. The summed E-state index contributed by atoms with van der Waals surface area (Å²) in [5.41, 5.74) is 0.861. The minimum absolute atomic E-state index is 0.120. The number of rotatable bonds is 4. The first kappa shape index (κ1) is 21.7. The Morgan fingerprint density at radius 1 is 1.15 bits per heavy atom. The molecular weight excluding hydrogens is 455 g/mol. The minimum Gasteiger partial charge on any atom is -0.312 e. The van der Waals surface area contributed by atoms with E-state index in [0.717, 1.165) is 35.8 Å². The zero-order valence-corrected chi connectivity index (χ0v) is 18.9. The summed E-state index contributed by atoms with van der Waals surface area (Å²) in [4.78, 5) is 35.0. The molecule has 4 aromatic rings. The Bertz CT molecular complexity index is 1490. The van der Waals surface area contributed by atoms with E-state index in [1.165, 1.54) is 20.9 Å². The molecule has 0 unspecified atom stereocenters. The number of pyridine rings is 1. The quantitative estimate of drug-likeness (QED) is 0.407. The van der Waals surface area contributed by atoms with E-state index in [0.29, 0.717) is 28.1 Å². The lowest BCUT2D eigenvalue weighted by Gasteiger charge is -2.10. The molecule has 0 N–H and O–H groups in total. The predicted molar refractivity (Wildman–Crippen MR) is 119 cm³/mol. The van der Waals surface area contributed by atoms with Crippen molar-refractivity contribution in [1.29, 1.82) is 0 Å². The predicted octanol–water partition coefficient (Wildman–Crippen LogP) is 4.47. The van der Waals surface area contributed by atoms with E-state index < -0.39 is 17.4 Å². The third kappa shape index (κ3) is 3.45. The Morgan fingerprint density at radius 2 is 1.88 bits per heavy atom. The number of hydrogen-bond acceptors (Lipinski definition) is 5. The summed E-state index contributed by atoms with van der Waals surface area (Å²) in [7, 11) is 3.31. The van der Waals surface area contributed by atoms with Gasteiger partial charge in [0.15, 0.2) is 5.65 Å². The number of aryl methyl sites for hydroxylation is 2. The van der Waals surface area contributed by atoms with Gasteiger partial charge in [-0.3, -0.25) is 9.36 Å². The van der Waals surface area contributed by atoms with Crippen LogP contribution in [0.25, 0.3) is 33.6 Å². The van der Waals surface area contributed by atoms with Crippen molar-refractivity contribution in [1.82, 2.24) is 23.7 Å². The maximum Gasteiger partial charge on any atom is 0.417 e. The maximum absolute atomic E-state index is 13.2. The average molecular weight is 475 g/mol. The van der Waals surface area contributed by atoms with Gasteiger partial charge in [-0.1, -0.05) is 6.92 Å². The van der Waals surface area contributed by atoms with Gasteiger partial charge in [0.1, 0.15) is 11.3 Å².